The van der Waals surface area contributed by atoms with Crippen LogP contribution in [0.25, 0.3) is 10.8 Å². The lowest BCUT2D eigenvalue weighted by molar-refractivity contribution is -0.282. The number of halogens is 2. The van der Waals surface area contributed by atoms with Gasteiger partial charge in [-0.2, -0.15) is 0 Å². The van der Waals surface area contributed by atoms with E-state index in [4.69, 9.17) is 21.1 Å². The molecule has 1 atom stereocenters. The Morgan fingerprint density at radius 2 is 1.76 bits per heavy atom. The lowest BCUT2D eigenvalue weighted by atomic mass is 9.87. The number of likely N-dealkylation sites (tertiary alicyclic amines) is 2. The second kappa shape index (κ2) is 13.7. The number of hydrogen-bond donors (Lipinski definition) is 2. The van der Waals surface area contributed by atoms with Crippen molar-refractivity contribution >= 4 is 45.7 Å². The molecular formula is C34H38ClFN4O6. The summed E-state index contributed by atoms with van der Waals surface area (Å²) < 4.78 is 28.0. The maximum Gasteiger partial charge on any atom is 0.306 e. The van der Waals surface area contributed by atoms with Gasteiger partial charge in [-0.05, 0) is 67.7 Å². The predicted molar refractivity (Wildman–Crippen MR) is 170 cm³/mol. The quantitative estimate of drug-likeness (QED) is 0.290. The molecule has 0 bridgehead atoms. The number of rotatable bonds is 11. The number of aromatic nitrogens is 1. The highest BCUT2D eigenvalue weighted by Gasteiger charge is 2.56. The van der Waals surface area contributed by atoms with Crippen molar-refractivity contribution in [3.05, 3.63) is 70.8 Å². The molecule has 3 aliphatic rings. The summed E-state index contributed by atoms with van der Waals surface area (Å²) in [5.41, 5.74) is 0.336. The van der Waals surface area contributed by atoms with Gasteiger partial charge in [-0.3, -0.25) is 29.2 Å². The second-order valence-corrected chi connectivity index (χ2v) is 12.8. The van der Waals surface area contributed by atoms with E-state index in [2.05, 4.69) is 10.3 Å². The second-order valence-electron chi connectivity index (χ2n) is 12.4. The van der Waals surface area contributed by atoms with E-state index in [9.17, 15) is 19.5 Å². The number of carboxylic acid groups (broad SMARTS) is 1. The number of pyridine rings is 1. The van der Waals surface area contributed by atoms with Crippen LogP contribution in [0.15, 0.2) is 48.7 Å². The molecule has 3 heterocycles. The van der Waals surface area contributed by atoms with Gasteiger partial charge in [-0.1, -0.05) is 35.9 Å². The highest BCUT2D eigenvalue weighted by Crippen LogP contribution is 2.39. The molecule has 0 spiro atoms. The number of carbonyl (C=O) groups is 3. The molecule has 3 fully saturated rings. The van der Waals surface area contributed by atoms with Gasteiger partial charge in [0.2, 0.25) is 5.85 Å². The number of nitrogens with one attached hydrogen (secondary N) is 1. The smallest absolute Gasteiger partial charge is 0.306 e. The lowest BCUT2D eigenvalue weighted by Crippen LogP contribution is -2.74. The zero-order valence-electron chi connectivity index (χ0n) is 25.7. The summed E-state index contributed by atoms with van der Waals surface area (Å²) in [5.74, 6) is -4.23. The normalized spacial score (nSPS) is 22.3. The fourth-order valence-electron chi connectivity index (χ4n) is 6.87. The summed E-state index contributed by atoms with van der Waals surface area (Å²) in [7, 11) is 1.63. The Kier molecular flexibility index (Phi) is 9.67. The first kappa shape index (κ1) is 32.5. The SMILES string of the molecule is COC1CN(C(O[C@H]2CC[C@H](C(=O)O)CC2)(C(=O)Cc2cc(Cl)c(NC(=O)c3nccc4ccccc34)cc2F)N2CCCC2)C1. The van der Waals surface area contributed by atoms with Gasteiger partial charge < -0.3 is 19.9 Å². The van der Waals surface area contributed by atoms with Crippen molar-refractivity contribution in [1.29, 1.82) is 0 Å². The molecule has 2 aromatic carbocycles. The van der Waals surface area contributed by atoms with Gasteiger partial charge in [0.15, 0.2) is 5.78 Å². The largest absolute Gasteiger partial charge is 0.481 e. The van der Waals surface area contributed by atoms with Gasteiger partial charge >= 0.3 is 5.97 Å². The zero-order chi connectivity index (χ0) is 32.4. The molecule has 3 aromatic rings. The monoisotopic (exact) mass is 652 g/mol. The minimum atomic E-state index is -1.45. The Hall–Kier alpha value is -3.48. The van der Waals surface area contributed by atoms with Gasteiger partial charge in [0.05, 0.1) is 28.8 Å². The summed E-state index contributed by atoms with van der Waals surface area (Å²) in [6.07, 6.45) is 4.61. The van der Waals surface area contributed by atoms with Crippen molar-refractivity contribution in [2.45, 2.75) is 63.0 Å². The molecule has 1 aromatic heterocycles. The number of methoxy groups -OCH3 is 1. The third kappa shape index (κ3) is 6.39. The van der Waals surface area contributed by atoms with Crippen molar-refractivity contribution in [3.63, 3.8) is 0 Å². The Labute approximate surface area is 271 Å². The summed E-state index contributed by atoms with van der Waals surface area (Å²) in [6, 6.07) is 11.6. The van der Waals surface area contributed by atoms with E-state index in [0.717, 1.165) is 24.3 Å². The van der Waals surface area contributed by atoms with E-state index in [-0.39, 0.29) is 46.4 Å². The first-order valence-corrected chi connectivity index (χ1v) is 16.2. The Bertz CT molecular complexity index is 1620. The van der Waals surface area contributed by atoms with Gasteiger partial charge in [-0.15, -0.1) is 0 Å². The standard InChI is InChI=1S/C34H38ClFN4O6/c1-45-25-19-40(20-25)34(39-14-4-5-15-39,46-24-10-8-22(9-11-24)33(43)44)30(41)17-23-16-27(35)29(18-28(23)36)38-32(42)31-26-7-3-2-6-21(26)12-13-37-31/h2-3,6-7,12-13,16,18,22,24-25H,4-5,8-11,14-15,17,19-20H2,1H3,(H,38,42)(H,43,44)/t22-,24-,34?. The number of Topliss-reactive ketones (excluding diaryl/α,β-unsaturated/α-hetero) is 1. The number of aliphatic carboxylic acids is 1. The molecule has 12 heteroatoms. The van der Waals surface area contributed by atoms with Gasteiger partial charge in [-0.25, -0.2) is 4.39 Å². The molecule has 0 radical (unpaired) electrons. The number of nitrogens with zero attached hydrogens (tertiary/aromatic N) is 3. The Morgan fingerprint density at radius 1 is 1.04 bits per heavy atom. The van der Waals surface area contributed by atoms with Crippen LogP contribution in [0.2, 0.25) is 5.02 Å². The molecule has 2 saturated heterocycles. The minimum absolute atomic E-state index is 0.0635. The van der Waals surface area contributed by atoms with Gasteiger partial charge in [0.1, 0.15) is 11.5 Å². The van der Waals surface area contributed by atoms with E-state index in [1.54, 1.807) is 19.2 Å². The predicted octanol–water partition coefficient (Wildman–Crippen LogP) is 5.13. The molecule has 1 amide bonds. The molecular weight excluding hydrogens is 615 g/mol. The number of ketones is 1. The average Bonchev–Trinajstić information content (AvgIpc) is 3.58. The van der Waals surface area contributed by atoms with Crippen LogP contribution in [0.4, 0.5) is 10.1 Å². The maximum atomic E-state index is 15.7. The first-order chi connectivity index (χ1) is 22.2. The number of fused-ring (bicyclic) bond motifs is 1. The van der Waals surface area contributed by atoms with Crippen molar-refractivity contribution < 1.29 is 33.4 Å². The topological polar surface area (TPSA) is 121 Å². The highest BCUT2D eigenvalue weighted by atomic mass is 35.5. The van der Waals surface area contributed by atoms with Crippen LogP contribution in [0.5, 0.6) is 0 Å². The van der Waals surface area contributed by atoms with Gasteiger partial charge in [0.25, 0.3) is 5.91 Å². The number of amides is 1. The van der Waals surface area contributed by atoms with Crippen LogP contribution >= 0.6 is 11.6 Å². The third-order valence-corrected chi connectivity index (χ3v) is 9.80. The zero-order valence-corrected chi connectivity index (χ0v) is 26.5. The van der Waals surface area contributed by atoms with Crippen LogP contribution in [-0.2, 0) is 25.5 Å². The summed E-state index contributed by atoms with van der Waals surface area (Å²) in [6.45, 7) is 2.22. The molecule has 1 aliphatic carbocycles. The molecule has 6 rings (SSSR count). The molecule has 10 nitrogen and oxygen atoms in total. The molecule has 2 aliphatic heterocycles. The molecule has 244 valence electrons. The summed E-state index contributed by atoms with van der Waals surface area (Å²) in [5, 5.41) is 13.7. The number of ether oxygens (including phenoxy) is 2. The van der Waals surface area contributed by atoms with Crippen LogP contribution in [0.3, 0.4) is 0 Å². The van der Waals surface area contributed by atoms with E-state index >= 15 is 4.39 Å². The number of carbonyl (C=O) groups excluding carboxylic acids is 2. The van der Waals surface area contributed by atoms with Crippen molar-refractivity contribution in [2.24, 2.45) is 5.92 Å². The van der Waals surface area contributed by atoms with E-state index < -0.39 is 29.5 Å². The third-order valence-electron chi connectivity index (χ3n) is 9.49. The van der Waals surface area contributed by atoms with E-state index in [1.165, 1.54) is 12.3 Å². The Morgan fingerprint density at radius 3 is 2.46 bits per heavy atom. The number of hydrogen-bond acceptors (Lipinski definition) is 8. The minimum Gasteiger partial charge on any atom is -0.481 e. The summed E-state index contributed by atoms with van der Waals surface area (Å²) >= 11 is 6.58. The molecule has 2 N–H and O–H groups in total. The number of benzene rings is 2. The van der Waals surface area contributed by atoms with E-state index in [1.807, 2.05) is 28.0 Å². The van der Waals surface area contributed by atoms with Crippen LogP contribution in [0.1, 0.15) is 54.6 Å². The van der Waals surface area contributed by atoms with Crippen molar-refractivity contribution in [2.75, 3.05) is 38.6 Å². The number of anilines is 1. The molecule has 1 unspecified atom stereocenters. The highest BCUT2D eigenvalue weighted by molar-refractivity contribution is 6.34. The first-order valence-electron chi connectivity index (χ1n) is 15.8. The Balaban J connectivity index is 1.25. The van der Waals surface area contributed by atoms with Crippen LogP contribution in [-0.4, -0.2) is 88.9 Å². The van der Waals surface area contributed by atoms with Crippen molar-refractivity contribution in [3.8, 4) is 0 Å². The molecule has 46 heavy (non-hydrogen) atoms. The van der Waals surface area contributed by atoms with Crippen LogP contribution < -0.4 is 5.32 Å². The molecule has 1 saturated carbocycles. The van der Waals surface area contributed by atoms with Crippen LogP contribution in [0, 0.1) is 11.7 Å². The fourth-order valence-corrected chi connectivity index (χ4v) is 7.11. The average molecular weight is 653 g/mol. The van der Waals surface area contributed by atoms with Crippen molar-refractivity contribution in [1.82, 2.24) is 14.8 Å². The number of carboxylic acids is 1. The summed E-state index contributed by atoms with van der Waals surface area (Å²) in [4.78, 5) is 47.5. The van der Waals surface area contributed by atoms with E-state index in [0.29, 0.717) is 57.2 Å². The fraction of sp³-hybridized carbons (Fsp3) is 0.471. The maximum absolute atomic E-state index is 15.7. The van der Waals surface area contributed by atoms with Gasteiger partial charge in [0, 0.05) is 51.3 Å². The lowest BCUT2D eigenvalue weighted by Gasteiger charge is -2.55.